The number of thiocarbonyl (C=S) groups is 1. The lowest BCUT2D eigenvalue weighted by Gasteiger charge is -2.11. The summed E-state index contributed by atoms with van der Waals surface area (Å²) < 4.78 is 26.4. The Kier molecular flexibility index (Phi) is 5.54. The lowest BCUT2D eigenvalue weighted by atomic mass is 10.2. The Balaban J connectivity index is 2.63. The number of halogens is 3. The maximum atomic E-state index is 13.3. The van der Waals surface area contributed by atoms with Crippen LogP contribution in [0.25, 0.3) is 0 Å². The van der Waals surface area contributed by atoms with Gasteiger partial charge in [0.05, 0.1) is 11.6 Å². The van der Waals surface area contributed by atoms with Gasteiger partial charge in [0, 0.05) is 18.7 Å². The molecule has 0 spiro atoms. The molecule has 7 heteroatoms. The first kappa shape index (κ1) is 14.1. The summed E-state index contributed by atoms with van der Waals surface area (Å²) in [5, 5.41) is 13.8. The molecule has 0 fully saturated rings. The smallest absolute Gasteiger partial charge is 0.166 e. The van der Waals surface area contributed by atoms with Crippen LogP contribution in [0, 0.1) is 11.6 Å². The lowest BCUT2D eigenvalue weighted by Crippen LogP contribution is -2.36. The molecule has 0 unspecified atom stereocenters. The molecule has 3 N–H and O–H groups in total. The first-order valence-corrected chi connectivity index (χ1v) is 5.59. The van der Waals surface area contributed by atoms with Crippen LogP contribution < -0.4 is 10.6 Å². The van der Waals surface area contributed by atoms with Crippen molar-refractivity contribution in [2.45, 2.75) is 6.54 Å². The van der Waals surface area contributed by atoms with E-state index in [1.807, 2.05) is 0 Å². The number of aliphatic hydroxyl groups is 1. The van der Waals surface area contributed by atoms with Gasteiger partial charge in [-0.25, -0.2) is 8.78 Å². The van der Waals surface area contributed by atoms with Gasteiger partial charge in [0.2, 0.25) is 0 Å². The van der Waals surface area contributed by atoms with Gasteiger partial charge in [-0.2, -0.15) is 0 Å². The van der Waals surface area contributed by atoms with Gasteiger partial charge < -0.3 is 15.7 Å². The van der Waals surface area contributed by atoms with E-state index in [9.17, 15) is 8.78 Å². The van der Waals surface area contributed by atoms with Crippen LogP contribution in [-0.2, 0) is 6.54 Å². The van der Waals surface area contributed by atoms with Crippen molar-refractivity contribution in [3.05, 3.63) is 34.4 Å². The Morgan fingerprint density at radius 3 is 2.59 bits per heavy atom. The van der Waals surface area contributed by atoms with Gasteiger partial charge in [-0.15, -0.1) is 0 Å². The van der Waals surface area contributed by atoms with Crippen molar-refractivity contribution in [1.29, 1.82) is 0 Å². The normalized spacial score (nSPS) is 10.1. The number of aliphatic hydroxyl groups excluding tert-OH is 1. The van der Waals surface area contributed by atoms with Crippen LogP contribution in [0.4, 0.5) is 8.78 Å². The summed E-state index contributed by atoms with van der Waals surface area (Å²) >= 11 is 10.5. The maximum absolute atomic E-state index is 13.3. The highest BCUT2D eigenvalue weighted by molar-refractivity contribution is 7.80. The largest absolute Gasteiger partial charge is 0.395 e. The summed E-state index contributed by atoms with van der Waals surface area (Å²) in [4.78, 5) is 0. The molecule has 0 radical (unpaired) electrons. The zero-order valence-electron chi connectivity index (χ0n) is 8.77. The Morgan fingerprint density at radius 1 is 1.29 bits per heavy atom. The first-order valence-electron chi connectivity index (χ1n) is 4.81. The molecule has 94 valence electrons. The summed E-state index contributed by atoms with van der Waals surface area (Å²) in [6.45, 7) is 0.182. The van der Waals surface area contributed by atoms with E-state index in [2.05, 4.69) is 10.6 Å². The fourth-order valence-corrected chi connectivity index (χ4v) is 1.53. The fourth-order valence-electron chi connectivity index (χ4n) is 1.13. The SMILES string of the molecule is OCCNC(=S)NCc1c(F)ccc(F)c1Cl. The van der Waals surface area contributed by atoms with E-state index >= 15 is 0 Å². The molecule has 0 amide bonds. The van der Waals surface area contributed by atoms with Crippen molar-refractivity contribution >= 4 is 28.9 Å². The summed E-state index contributed by atoms with van der Waals surface area (Å²) in [7, 11) is 0. The van der Waals surface area contributed by atoms with Gasteiger partial charge in [0.15, 0.2) is 5.11 Å². The van der Waals surface area contributed by atoms with Crippen LogP contribution >= 0.6 is 23.8 Å². The van der Waals surface area contributed by atoms with Gasteiger partial charge in [0.25, 0.3) is 0 Å². The summed E-state index contributed by atoms with van der Waals surface area (Å²) in [5.74, 6) is -1.28. The maximum Gasteiger partial charge on any atom is 0.166 e. The average molecular weight is 281 g/mol. The molecular weight excluding hydrogens is 270 g/mol. The fraction of sp³-hybridized carbons (Fsp3) is 0.300. The summed E-state index contributed by atoms with van der Waals surface area (Å²) in [5.41, 5.74) is 0.0137. The van der Waals surface area contributed by atoms with E-state index in [1.165, 1.54) is 0 Å². The number of nitrogens with one attached hydrogen (secondary N) is 2. The zero-order valence-corrected chi connectivity index (χ0v) is 10.3. The van der Waals surface area contributed by atoms with E-state index in [0.29, 0.717) is 0 Å². The standard InChI is InChI=1S/C10H11ClF2N2OS/c11-9-6(7(12)1-2-8(9)13)5-15-10(17)14-3-4-16/h1-2,16H,3-5H2,(H2,14,15,17). The van der Waals surface area contributed by atoms with E-state index in [4.69, 9.17) is 28.9 Å². The van der Waals surface area contributed by atoms with Gasteiger partial charge in [-0.05, 0) is 24.4 Å². The summed E-state index contributed by atoms with van der Waals surface area (Å²) in [6.07, 6.45) is 0. The highest BCUT2D eigenvalue weighted by atomic mass is 35.5. The van der Waals surface area contributed by atoms with Crippen molar-refractivity contribution < 1.29 is 13.9 Å². The molecular formula is C10H11ClF2N2OS. The van der Waals surface area contributed by atoms with E-state index in [-0.39, 0.29) is 35.4 Å². The third-order valence-electron chi connectivity index (χ3n) is 1.96. The van der Waals surface area contributed by atoms with Gasteiger partial charge in [-0.1, -0.05) is 11.6 Å². The molecule has 0 atom stereocenters. The molecule has 17 heavy (non-hydrogen) atoms. The van der Waals surface area contributed by atoms with E-state index in [1.54, 1.807) is 0 Å². The third-order valence-corrected chi connectivity index (χ3v) is 2.66. The number of hydrogen-bond donors (Lipinski definition) is 3. The van der Waals surface area contributed by atoms with Gasteiger partial charge in [-0.3, -0.25) is 0 Å². The Labute approximate surface area is 108 Å². The molecule has 0 saturated carbocycles. The minimum absolute atomic E-state index is 0.0137. The van der Waals surface area contributed by atoms with Gasteiger partial charge in [0.1, 0.15) is 11.6 Å². The second-order valence-electron chi connectivity index (χ2n) is 3.15. The van der Waals surface area contributed by atoms with Crippen molar-refractivity contribution in [2.24, 2.45) is 0 Å². The molecule has 0 saturated heterocycles. The molecule has 1 aromatic carbocycles. The molecule has 0 bridgehead atoms. The molecule has 0 aliphatic carbocycles. The summed E-state index contributed by atoms with van der Waals surface area (Å²) in [6, 6.07) is 1.96. The van der Waals surface area contributed by atoms with Crippen LogP contribution in [0.15, 0.2) is 12.1 Å². The molecule has 3 nitrogen and oxygen atoms in total. The van der Waals surface area contributed by atoms with Crippen LogP contribution in [0.2, 0.25) is 5.02 Å². The van der Waals surface area contributed by atoms with Crippen molar-refractivity contribution in [2.75, 3.05) is 13.2 Å². The predicted octanol–water partition coefficient (Wildman–Crippen LogP) is 1.57. The average Bonchev–Trinajstić information content (AvgIpc) is 2.31. The van der Waals surface area contributed by atoms with Crippen molar-refractivity contribution in [3.8, 4) is 0 Å². The third kappa shape index (κ3) is 4.07. The molecule has 0 aliphatic rings. The molecule has 1 aromatic rings. The number of benzene rings is 1. The highest BCUT2D eigenvalue weighted by Crippen LogP contribution is 2.22. The zero-order chi connectivity index (χ0) is 12.8. The highest BCUT2D eigenvalue weighted by Gasteiger charge is 2.11. The Hall–Kier alpha value is -0.980. The molecule has 0 aromatic heterocycles. The molecule has 1 rings (SSSR count). The van der Waals surface area contributed by atoms with Crippen LogP contribution in [0.5, 0.6) is 0 Å². The number of rotatable bonds is 4. The second-order valence-corrected chi connectivity index (χ2v) is 3.94. The first-order chi connectivity index (χ1) is 8.06. The Bertz CT molecular complexity index is 418. The van der Waals surface area contributed by atoms with Crippen molar-refractivity contribution in [3.63, 3.8) is 0 Å². The topological polar surface area (TPSA) is 44.3 Å². The van der Waals surface area contributed by atoms with Crippen LogP contribution in [0.1, 0.15) is 5.56 Å². The van der Waals surface area contributed by atoms with E-state index < -0.39 is 11.6 Å². The minimum atomic E-state index is -0.681. The minimum Gasteiger partial charge on any atom is -0.395 e. The molecule has 0 aliphatic heterocycles. The monoisotopic (exact) mass is 280 g/mol. The quantitative estimate of drug-likeness (QED) is 0.579. The predicted molar refractivity (Wildman–Crippen MR) is 65.9 cm³/mol. The van der Waals surface area contributed by atoms with E-state index in [0.717, 1.165) is 12.1 Å². The van der Waals surface area contributed by atoms with Gasteiger partial charge >= 0.3 is 0 Å². The van der Waals surface area contributed by atoms with Crippen LogP contribution in [-0.4, -0.2) is 23.4 Å². The van der Waals surface area contributed by atoms with Crippen LogP contribution in [0.3, 0.4) is 0 Å². The lowest BCUT2D eigenvalue weighted by molar-refractivity contribution is 0.300. The molecule has 0 heterocycles. The van der Waals surface area contributed by atoms with Crippen molar-refractivity contribution in [1.82, 2.24) is 10.6 Å². The number of hydrogen-bond acceptors (Lipinski definition) is 2. The second kappa shape index (κ2) is 6.68. The Morgan fingerprint density at radius 2 is 1.94 bits per heavy atom.